The molecule has 6 heteroatoms. The lowest BCUT2D eigenvalue weighted by molar-refractivity contribution is -0.185. The van der Waals surface area contributed by atoms with Crippen LogP contribution in [0.2, 0.25) is 0 Å². The Balaban J connectivity index is 1.56. The first-order valence-electron chi connectivity index (χ1n) is 11.0. The highest BCUT2D eigenvalue weighted by atomic mass is 19.4. The largest absolute Gasteiger partial charge is 0.429 e. The highest BCUT2D eigenvalue weighted by molar-refractivity contribution is 5.32. The third kappa shape index (κ3) is 6.44. The molecule has 0 atom stereocenters. The summed E-state index contributed by atoms with van der Waals surface area (Å²) in [6.07, 6.45) is 1.47. The van der Waals surface area contributed by atoms with Crippen LogP contribution in [-0.2, 0) is 12.3 Å². The molecule has 3 rings (SSSR count). The first-order chi connectivity index (χ1) is 14.7. The summed E-state index contributed by atoms with van der Waals surface area (Å²) in [5, 5.41) is 0. The van der Waals surface area contributed by atoms with E-state index in [1.54, 1.807) is 0 Å². The van der Waals surface area contributed by atoms with E-state index in [-0.39, 0.29) is 5.75 Å². The fraction of sp³-hybridized carbons (Fsp3) is 0.520. The van der Waals surface area contributed by atoms with Crippen LogP contribution >= 0.6 is 0 Å². The second-order valence-corrected chi connectivity index (χ2v) is 8.48. The van der Waals surface area contributed by atoms with Crippen LogP contribution in [0.25, 0.3) is 0 Å². The Kier molecular flexibility index (Phi) is 7.60. The number of benzene rings is 2. The second-order valence-electron chi connectivity index (χ2n) is 8.48. The van der Waals surface area contributed by atoms with Crippen LogP contribution in [0, 0.1) is 5.92 Å². The van der Waals surface area contributed by atoms with Crippen molar-refractivity contribution < 1.29 is 26.7 Å². The maximum absolute atomic E-state index is 14.4. The zero-order chi connectivity index (χ0) is 22.5. The normalized spacial score (nSPS) is 19.9. The highest BCUT2D eigenvalue weighted by Gasteiger charge is 2.36. The van der Waals surface area contributed by atoms with Gasteiger partial charge in [0, 0.05) is 0 Å². The van der Waals surface area contributed by atoms with Crippen LogP contribution in [0.4, 0.5) is 22.0 Å². The van der Waals surface area contributed by atoms with Gasteiger partial charge in [-0.1, -0.05) is 44.7 Å². The van der Waals surface area contributed by atoms with Crippen molar-refractivity contribution >= 4 is 0 Å². The minimum absolute atomic E-state index is 0.0121. The average molecular weight is 440 g/mol. The Morgan fingerprint density at radius 2 is 1.35 bits per heavy atom. The summed E-state index contributed by atoms with van der Waals surface area (Å²) in [5.41, 5.74) is -0.473. The quantitative estimate of drug-likeness (QED) is 0.295. The van der Waals surface area contributed by atoms with Crippen molar-refractivity contribution in [3.05, 3.63) is 65.2 Å². The number of rotatable bonds is 8. The van der Waals surface area contributed by atoms with Gasteiger partial charge in [0.25, 0.3) is 0 Å². The maximum Gasteiger partial charge on any atom is 0.426 e. The molecule has 0 N–H and O–H groups in total. The lowest BCUT2D eigenvalue weighted by Gasteiger charge is -2.29. The molecular formula is C25H29F5O. The molecule has 1 nitrogen and oxygen atoms in total. The topological polar surface area (TPSA) is 9.23 Å². The molecule has 0 unspecified atom stereocenters. The molecule has 31 heavy (non-hydrogen) atoms. The lowest BCUT2D eigenvalue weighted by atomic mass is 9.77. The number of ether oxygens (including phenoxy) is 1. The van der Waals surface area contributed by atoms with Crippen LogP contribution in [0.5, 0.6) is 5.75 Å². The van der Waals surface area contributed by atoms with Crippen LogP contribution < -0.4 is 4.74 Å². The molecule has 2 aromatic carbocycles. The van der Waals surface area contributed by atoms with E-state index in [1.165, 1.54) is 50.7 Å². The summed E-state index contributed by atoms with van der Waals surface area (Å²) in [4.78, 5) is 0. The molecule has 170 valence electrons. The second kappa shape index (κ2) is 10.0. The average Bonchev–Trinajstić information content (AvgIpc) is 2.74. The molecule has 1 aliphatic carbocycles. The molecule has 0 amide bonds. The molecule has 1 saturated carbocycles. The lowest BCUT2D eigenvalue weighted by Crippen LogP contribution is -2.22. The minimum atomic E-state index is -4.57. The number of unbranched alkanes of at least 4 members (excludes halogenated alkanes) is 2. The zero-order valence-electron chi connectivity index (χ0n) is 17.7. The number of hydrogen-bond donors (Lipinski definition) is 0. The van der Waals surface area contributed by atoms with E-state index in [4.69, 9.17) is 4.74 Å². The molecule has 0 spiro atoms. The third-order valence-electron chi connectivity index (χ3n) is 6.21. The Bertz CT molecular complexity index is 803. The van der Waals surface area contributed by atoms with Gasteiger partial charge in [-0.15, -0.1) is 0 Å². The highest BCUT2D eigenvalue weighted by Crippen LogP contribution is 2.39. The molecular weight excluding hydrogens is 411 g/mol. The molecule has 0 bridgehead atoms. The molecule has 1 fully saturated rings. The van der Waals surface area contributed by atoms with E-state index in [1.807, 2.05) is 12.1 Å². The molecule has 0 aliphatic heterocycles. The van der Waals surface area contributed by atoms with Crippen LogP contribution in [0.15, 0.2) is 48.5 Å². The van der Waals surface area contributed by atoms with Gasteiger partial charge in [0.05, 0.1) is 11.1 Å². The Hall–Kier alpha value is -2.11. The van der Waals surface area contributed by atoms with Crippen molar-refractivity contribution in [2.24, 2.45) is 5.92 Å². The summed E-state index contributed by atoms with van der Waals surface area (Å²) in [7, 11) is 0. The fourth-order valence-electron chi connectivity index (χ4n) is 4.34. The first kappa shape index (κ1) is 23.6. The van der Waals surface area contributed by atoms with Crippen molar-refractivity contribution in [3.63, 3.8) is 0 Å². The summed E-state index contributed by atoms with van der Waals surface area (Å²) >= 11 is 0. The summed E-state index contributed by atoms with van der Waals surface area (Å²) in [6, 6.07) is 9.43. The molecule has 1 aliphatic rings. The van der Waals surface area contributed by atoms with Crippen LogP contribution in [0.3, 0.4) is 0 Å². The zero-order valence-corrected chi connectivity index (χ0v) is 17.7. The summed E-state index contributed by atoms with van der Waals surface area (Å²) in [6.45, 7) is 2.21. The van der Waals surface area contributed by atoms with Crippen molar-refractivity contribution in [1.29, 1.82) is 0 Å². The van der Waals surface area contributed by atoms with Crippen molar-refractivity contribution in [3.8, 4) is 5.75 Å². The molecule has 2 aromatic rings. The molecule has 0 aromatic heterocycles. The van der Waals surface area contributed by atoms with Gasteiger partial charge in [-0.05, 0) is 79.5 Å². The van der Waals surface area contributed by atoms with E-state index >= 15 is 0 Å². The fourth-order valence-corrected chi connectivity index (χ4v) is 4.34. The van der Waals surface area contributed by atoms with E-state index in [0.29, 0.717) is 18.1 Å². The van der Waals surface area contributed by atoms with Gasteiger partial charge >= 0.3 is 12.3 Å². The van der Waals surface area contributed by atoms with Crippen molar-refractivity contribution in [2.45, 2.75) is 76.5 Å². The molecule has 0 radical (unpaired) electrons. The van der Waals surface area contributed by atoms with Gasteiger partial charge in [0.15, 0.2) is 0 Å². The molecule has 0 heterocycles. The minimum Gasteiger partial charge on any atom is -0.429 e. The van der Waals surface area contributed by atoms with E-state index in [0.717, 1.165) is 36.5 Å². The van der Waals surface area contributed by atoms with E-state index in [2.05, 4.69) is 6.92 Å². The number of alkyl halides is 5. The van der Waals surface area contributed by atoms with Crippen molar-refractivity contribution in [1.82, 2.24) is 0 Å². The van der Waals surface area contributed by atoms with Gasteiger partial charge < -0.3 is 4.74 Å². The predicted octanol–water partition coefficient (Wildman–Crippen LogP) is 8.69. The Morgan fingerprint density at radius 3 is 1.90 bits per heavy atom. The van der Waals surface area contributed by atoms with Gasteiger partial charge in [0.2, 0.25) is 0 Å². The van der Waals surface area contributed by atoms with Crippen LogP contribution in [0.1, 0.15) is 80.9 Å². The van der Waals surface area contributed by atoms with E-state index < -0.39 is 23.4 Å². The van der Waals surface area contributed by atoms with Gasteiger partial charge in [0.1, 0.15) is 5.75 Å². The molecule has 0 saturated heterocycles. The van der Waals surface area contributed by atoms with E-state index in [9.17, 15) is 22.0 Å². The summed E-state index contributed by atoms with van der Waals surface area (Å²) < 4.78 is 71.5. The van der Waals surface area contributed by atoms with Crippen LogP contribution in [-0.4, -0.2) is 0 Å². The first-order valence-corrected chi connectivity index (χ1v) is 11.0. The third-order valence-corrected chi connectivity index (χ3v) is 6.21. The monoisotopic (exact) mass is 440 g/mol. The van der Waals surface area contributed by atoms with Gasteiger partial charge in [-0.3, -0.25) is 0 Å². The SMILES string of the molecule is CCCCCC1CCC(c2ccc(OC(F)(F)c3ccc(C(F)(F)F)cc3)cc2)CC1. The van der Waals surface area contributed by atoms with Crippen molar-refractivity contribution in [2.75, 3.05) is 0 Å². The van der Waals surface area contributed by atoms with Gasteiger partial charge in [-0.25, -0.2) is 0 Å². The Labute approximate surface area is 180 Å². The number of hydrogen-bond acceptors (Lipinski definition) is 1. The number of halogens is 5. The standard InChI is InChI=1S/C25H29F5O/c1-2-3-4-5-18-6-8-19(9-7-18)20-10-16-23(17-11-20)31-25(29,30)22-14-12-21(13-15-22)24(26,27)28/h10-19H,2-9H2,1H3. The predicted molar refractivity (Wildman–Crippen MR) is 111 cm³/mol. The smallest absolute Gasteiger partial charge is 0.426 e. The van der Waals surface area contributed by atoms with Gasteiger partial charge in [-0.2, -0.15) is 22.0 Å². The Morgan fingerprint density at radius 1 is 0.774 bits per heavy atom. The maximum atomic E-state index is 14.4. The summed E-state index contributed by atoms with van der Waals surface area (Å²) in [5.74, 6) is 1.22.